The molecule has 11 heavy (non-hydrogen) atoms. The predicted molar refractivity (Wildman–Crippen MR) is 54.4 cm³/mol. The van der Waals surface area contributed by atoms with Crippen LogP contribution in [0.5, 0.6) is 0 Å². The molecule has 0 aliphatic carbocycles. The number of hydrogen-bond donors (Lipinski definition) is 1. The predicted octanol–water partition coefficient (Wildman–Crippen LogP) is 2.93. The second kappa shape index (κ2) is 16.5. The molecule has 0 unspecified atom stereocenters. The van der Waals surface area contributed by atoms with Crippen LogP contribution in [0.1, 0.15) is 39.5 Å². The first kappa shape index (κ1) is 17.1. The zero-order chi connectivity index (χ0) is 8.41. The second-order valence-corrected chi connectivity index (χ2v) is 3.05. The highest BCUT2D eigenvalue weighted by Gasteiger charge is 1.75. The molecule has 0 fully saturated rings. The van der Waals surface area contributed by atoms with Gasteiger partial charge in [-0.3, -0.25) is 0 Å². The minimum absolute atomic E-state index is 0. The largest absolute Gasteiger partial charge is 0.344 e. The van der Waals surface area contributed by atoms with Gasteiger partial charge in [0.1, 0.15) is 0 Å². The molecule has 0 spiro atoms. The van der Waals surface area contributed by atoms with Crippen molar-refractivity contribution in [2.75, 3.05) is 21.1 Å². The summed E-state index contributed by atoms with van der Waals surface area (Å²) in [6.45, 7) is 4.46. The quantitative estimate of drug-likeness (QED) is 0.648. The van der Waals surface area contributed by atoms with E-state index in [1.54, 1.807) is 0 Å². The molecule has 0 aliphatic rings. The second-order valence-electron chi connectivity index (χ2n) is 3.05. The van der Waals surface area contributed by atoms with Gasteiger partial charge in [0.25, 0.3) is 0 Å². The molecular weight excluding hydrogens is 136 g/mol. The molecule has 0 saturated carbocycles. The lowest BCUT2D eigenvalue weighted by molar-refractivity contribution is 0.505. The molecular formula is C9H26N2. The Labute approximate surface area is 72.6 Å². The van der Waals surface area contributed by atoms with Crippen molar-refractivity contribution in [1.29, 1.82) is 0 Å². The van der Waals surface area contributed by atoms with Crippen LogP contribution in [0.15, 0.2) is 0 Å². The van der Waals surface area contributed by atoms with Gasteiger partial charge in [-0.05, 0) is 21.1 Å². The first-order chi connectivity index (χ1) is 4.65. The van der Waals surface area contributed by atoms with E-state index in [-0.39, 0.29) is 6.15 Å². The summed E-state index contributed by atoms with van der Waals surface area (Å²) in [5, 5.41) is 0. The van der Waals surface area contributed by atoms with Crippen molar-refractivity contribution in [2.45, 2.75) is 39.5 Å². The van der Waals surface area contributed by atoms with E-state index in [0.29, 0.717) is 0 Å². The van der Waals surface area contributed by atoms with Crippen LogP contribution in [0, 0.1) is 0 Å². The summed E-state index contributed by atoms with van der Waals surface area (Å²) in [5.41, 5.74) is 0. The van der Waals surface area contributed by atoms with Gasteiger partial charge in [0.05, 0.1) is 0 Å². The Hall–Kier alpha value is -0.0800. The number of nitrogens with zero attached hydrogens (tertiary/aromatic N) is 1. The molecule has 0 aromatic heterocycles. The van der Waals surface area contributed by atoms with E-state index in [0.717, 1.165) is 0 Å². The van der Waals surface area contributed by atoms with Crippen LogP contribution in [0.2, 0.25) is 0 Å². The summed E-state index contributed by atoms with van der Waals surface area (Å²) in [6.07, 6.45) is 5.54. The molecule has 2 nitrogen and oxygen atoms in total. The summed E-state index contributed by atoms with van der Waals surface area (Å²) in [4.78, 5) is 2.00. The Morgan fingerprint density at radius 3 is 1.09 bits per heavy atom. The van der Waals surface area contributed by atoms with Crippen LogP contribution in [-0.2, 0) is 0 Å². The molecule has 0 rings (SSSR count). The maximum absolute atomic E-state index is 2.23. The van der Waals surface area contributed by atoms with Crippen LogP contribution < -0.4 is 6.15 Å². The van der Waals surface area contributed by atoms with E-state index in [1.165, 1.54) is 25.7 Å². The van der Waals surface area contributed by atoms with Gasteiger partial charge in [0.2, 0.25) is 0 Å². The van der Waals surface area contributed by atoms with Crippen LogP contribution in [0.25, 0.3) is 0 Å². The zero-order valence-corrected chi connectivity index (χ0v) is 8.98. The third-order valence-electron chi connectivity index (χ3n) is 0.957. The zero-order valence-electron chi connectivity index (χ0n) is 8.98. The topological polar surface area (TPSA) is 38.2 Å². The normalized spacial score (nSPS) is 8.18. The maximum Gasteiger partial charge on any atom is -0.0140 e. The van der Waals surface area contributed by atoms with Crippen molar-refractivity contribution in [2.24, 2.45) is 0 Å². The van der Waals surface area contributed by atoms with Crippen LogP contribution in [0.4, 0.5) is 0 Å². The summed E-state index contributed by atoms with van der Waals surface area (Å²) >= 11 is 0. The summed E-state index contributed by atoms with van der Waals surface area (Å²) in [5.74, 6) is 0. The average molecular weight is 162 g/mol. The molecule has 0 aromatic carbocycles. The summed E-state index contributed by atoms with van der Waals surface area (Å²) < 4.78 is 0. The van der Waals surface area contributed by atoms with Gasteiger partial charge >= 0.3 is 0 Å². The molecule has 2 heteroatoms. The molecule has 0 aromatic rings. The van der Waals surface area contributed by atoms with Crippen molar-refractivity contribution in [1.82, 2.24) is 11.1 Å². The number of unbranched alkanes of at least 4 members (excludes halogenated alkanes) is 3. The Morgan fingerprint density at radius 1 is 0.818 bits per heavy atom. The molecule has 3 N–H and O–H groups in total. The molecule has 0 heterocycles. The third-order valence-corrected chi connectivity index (χ3v) is 0.957. The van der Waals surface area contributed by atoms with Crippen molar-refractivity contribution >= 4 is 0 Å². The Balaban J connectivity index is -0.000000114. The molecule has 72 valence electrons. The van der Waals surface area contributed by atoms with Crippen LogP contribution in [0.3, 0.4) is 0 Å². The maximum atomic E-state index is 2.23. The first-order valence-electron chi connectivity index (χ1n) is 4.26. The van der Waals surface area contributed by atoms with Crippen molar-refractivity contribution in [3.8, 4) is 0 Å². The van der Waals surface area contributed by atoms with Gasteiger partial charge in [0.15, 0.2) is 0 Å². The van der Waals surface area contributed by atoms with Gasteiger partial charge in [-0.15, -0.1) is 0 Å². The van der Waals surface area contributed by atoms with Crippen molar-refractivity contribution in [3.05, 3.63) is 0 Å². The third kappa shape index (κ3) is 73.0. The minimum atomic E-state index is 0. The molecule has 0 saturated heterocycles. The Bertz CT molecular complexity index is 38.1. The lowest BCUT2D eigenvalue weighted by Crippen LogP contribution is -1.99. The fourth-order valence-corrected chi connectivity index (χ4v) is 0.500. The lowest BCUT2D eigenvalue weighted by atomic mass is 10.2. The molecule has 0 amide bonds. The first-order valence-corrected chi connectivity index (χ1v) is 4.26. The standard InChI is InChI=1S/C6H14.C3H9N.H3N/c1-3-5-6-4-2;1-4(2)3;/h3-6H2,1-2H3;1-3H3;1H3. The van der Waals surface area contributed by atoms with Crippen molar-refractivity contribution < 1.29 is 0 Å². The molecule has 0 bridgehead atoms. The fourth-order valence-electron chi connectivity index (χ4n) is 0.500. The monoisotopic (exact) mass is 162 g/mol. The van der Waals surface area contributed by atoms with E-state index >= 15 is 0 Å². The van der Waals surface area contributed by atoms with Gasteiger partial charge in [-0.2, -0.15) is 0 Å². The van der Waals surface area contributed by atoms with Crippen LogP contribution in [-0.4, -0.2) is 26.0 Å². The van der Waals surface area contributed by atoms with Crippen molar-refractivity contribution in [3.63, 3.8) is 0 Å². The van der Waals surface area contributed by atoms with E-state index in [1.807, 2.05) is 26.0 Å². The number of rotatable bonds is 3. The molecule has 0 radical (unpaired) electrons. The molecule has 0 atom stereocenters. The minimum Gasteiger partial charge on any atom is -0.344 e. The Morgan fingerprint density at radius 2 is 1.00 bits per heavy atom. The highest BCUT2D eigenvalue weighted by molar-refractivity contribution is 4.31. The fraction of sp³-hybridized carbons (Fsp3) is 1.00. The van der Waals surface area contributed by atoms with Gasteiger partial charge in [-0.25, -0.2) is 0 Å². The highest BCUT2D eigenvalue weighted by atomic mass is 15.0. The van der Waals surface area contributed by atoms with E-state index in [9.17, 15) is 0 Å². The summed E-state index contributed by atoms with van der Waals surface area (Å²) in [6, 6.07) is 0. The summed E-state index contributed by atoms with van der Waals surface area (Å²) in [7, 11) is 6.00. The van der Waals surface area contributed by atoms with E-state index in [4.69, 9.17) is 0 Å². The number of hydrogen-bond acceptors (Lipinski definition) is 2. The van der Waals surface area contributed by atoms with Crippen LogP contribution >= 0.6 is 0 Å². The van der Waals surface area contributed by atoms with Gasteiger partial charge in [-0.1, -0.05) is 39.5 Å². The van der Waals surface area contributed by atoms with Gasteiger partial charge in [0, 0.05) is 0 Å². The SMILES string of the molecule is CCCCCC.CN(C)C.N. The van der Waals surface area contributed by atoms with E-state index in [2.05, 4.69) is 13.8 Å². The smallest absolute Gasteiger partial charge is 0.0140 e. The average Bonchev–Trinajstić information content (AvgIpc) is 1.82. The highest BCUT2D eigenvalue weighted by Crippen LogP contribution is 1.95. The van der Waals surface area contributed by atoms with Gasteiger partial charge < -0.3 is 11.1 Å². The Kier molecular flexibility index (Phi) is 25.7. The lowest BCUT2D eigenvalue weighted by Gasteiger charge is -1.90. The molecule has 0 aliphatic heterocycles. The van der Waals surface area contributed by atoms with E-state index < -0.39 is 0 Å².